The molecule has 2 aliphatic carbocycles. The van der Waals surface area contributed by atoms with Gasteiger partial charge in [0.05, 0.1) is 16.7 Å². The van der Waals surface area contributed by atoms with Crippen molar-refractivity contribution >= 4 is 21.9 Å². The van der Waals surface area contributed by atoms with Crippen molar-refractivity contribution in [1.29, 1.82) is 0 Å². The molecular weight excluding hydrogens is 387 g/mol. The maximum Gasteiger partial charge on any atom is 0.307 e. The van der Waals surface area contributed by atoms with Crippen LogP contribution >= 0.6 is 0 Å². The standard InChI is InChI=1S/C19H21FN2O5S/c20-14-3-5-15(6-4-14)28(26,27)22-9-7-21(8-10-22)18(23)16-12-1-2-13(11-12)17(16)19(24)25/h1-6,12-13,16-17H,7-11H2,(H,24,25)/t12-,13+,16-,17+/m1/s1. The van der Waals surface area contributed by atoms with Gasteiger partial charge in [-0.15, -0.1) is 0 Å². The van der Waals surface area contributed by atoms with Gasteiger partial charge in [0.1, 0.15) is 5.82 Å². The van der Waals surface area contributed by atoms with E-state index in [9.17, 15) is 27.5 Å². The summed E-state index contributed by atoms with van der Waals surface area (Å²) in [5, 5.41) is 9.53. The number of sulfonamides is 1. The average molecular weight is 408 g/mol. The van der Waals surface area contributed by atoms with Crippen LogP contribution in [0.4, 0.5) is 4.39 Å². The van der Waals surface area contributed by atoms with E-state index in [-0.39, 0.29) is 48.8 Å². The van der Waals surface area contributed by atoms with Crippen molar-refractivity contribution in [2.75, 3.05) is 26.2 Å². The Bertz CT molecular complexity index is 922. The van der Waals surface area contributed by atoms with Gasteiger partial charge in [-0.2, -0.15) is 4.31 Å². The van der Waals surface area contributed by atoms with Crippen LogP contribution in [0.2, 0.25) is 0 Å². The molecule has 2 bridgehead atoms. The number of amides is 1. The van der Waals surface area contributed by atoms with Crippen molar-refractivity contribution in [3.63, 3.8) is 0 Å². The molecule has 1 amide bonds. The lowest BCUT2D eigenvalue weighted by Crippen LogP contribution is -2.53. The Morgan fingerprint density at radius 1 is 0.964 bits per heavy atom. The molecule has 2 fully saturated rings. The minimum absolute atomic E-state index is 0.0119. The van der Waals surface area contributed by atoms with Crippen LogP contribution in [0.15, 0.2) is 41.3 Å². The number of piperazine rings is 1. The molecule has 0 unspecified atom stereocenters. The number of fused-ring (bicyclic) bond motifs is 2. The zero-order valence-corrected chi connectivity index (χ0v) is 15.9. The van der Waals surface area contributed by atoms with Gasteiger partial charge in [0, 0.05) is 26.2 Å². The number of aliphatic carboxylic acids is 1. The number of halogens is 1. The van der Waals surface area contributed by atoms with Crippen molar-refractivity contribution in [1.82, 2.24) is 9.21 Å². The van der Waals surface area contributed by atoms with Gasteiger partial charge in [-0.3, -0.25) is 9.59 Å². The molecule has 1 aliphatic heterocycles. The van der Waals surface area contributed by atoms with Crippen LogP contribution < -0.4 is 0 Å². The summed E-state index contributed by atoms with van der Waals surface area (Å²) < 4.78 is 39.7. The number of hydrogen-bond acceptors (Lipinski definition) is 4. The second-order valence-electron chi connectivity index (χ2n) is 7.52. The molecule has 4 rings (SSSR count). The first-order valence-corrected chi connectivity index (χ1v) is 10.7. The van der Waals surface area contributed by atoms with E-state index in [1.54, 1.807) is 4.90 Å². The van der Waals surface area contributed by atoms with E-state index in [0.717, 1.165) is 12.1 Å². The van der Waals surface area contributed by atoms with Crippen LogP contribution in [-0.2, 0) is 19.6 Å². The highest BCUT2D eigenvalue weighted by atomic mass is 32.2. The highest BCUT2D eigenvalue weighted by molar-refractivity contribution is 7.89. The lowest BCUT2D eigenvalue weighted by Gasteiger charge is -2.37. The van der Waals surface area contributed by atoms with Crippen molar-refractivity contribution in [3.05, 3.63) is 42.2 Å². The average Bonchev–Trinajstić information content (AvgIpc) is 3.29. The second-order valence-corrected chi connectivity index (χ2v) is 9.46. The molecule has 1 saturated carbocycles. The Morgan fingerprint density at radius 2 is 1.54 bits per heavy atom. The van der Waals surface area contributed by atoms with Gasteiger partial charge in [0.2, 0.25) is 15.9 Å². The largest absolute Gasteiger partial charge is 0.481 e. The SMILES string of the molecule is O=C(O)[C@@H]1[C@H](C(=O)N2CCN(S(=O)(=O)c3ccc(F)cc3)CC2)[C@@H]2C=C[C@H]1C2. The van der Waals surface area contributed by atoms with Gasteiger partial charge in [-0.05, 0) is 42.5 Å². The van der Waals surface area contributed by atoms with E-state index in [1.165, 1.54) is 16.4 Å². The van der Waals surface area contributed by atoms with E-state index in [1.807, 2.05) is 12.2 Å². The molecule has 1 N–H and O–H groups in total. The lowest BCUT2D eigenvalue weighted by atomic mass is 9.82. The maximum absolute atomic E-state index is 13.1. The molecule has 1 saturated heterocycles. The molecular formula is C19H21FN2O5S. The Labute approximate surface area is 162 Å². The minimum atomic E-state index is -3.76. The summed E-state index contributed by atoms with van der Waals surface area (Å²) in [6.45, 7) is 0.673. The monoisotopic (exact) mass is 408 g/mol. The summed E-state index contributed by atoms with van der Waals surface area (Å²) >= 11 is 0. The van der Waals surface area contributed by atoms with Crippen molar-refractivity contribution < 1.29 is 27.5 Å². The summed E-state index contributed by atoms with van der Waals surface area (Å²) in [4.78, 5) is 26.2. The Hall–Kier alpha value is -2.26. The zero-order chi connectivity index (χ0) is 20.1. The van der Waals surface area contributed by atoms with Crippen LogP contribution in [0.25, 0.3) is 0 Å². The fourth-order valence-corrected chi connectivity index (χ4v) is 6.03. The van der Waals surface area contributed by atoms with E-state index in [2.05, 4.69) is 0 Å². The molecule has 1 aromatic rings. The number of carboxylic acid groups (broad SMARTS) is 1. The first-order chi connectivity index (χ1) is 13.3. The Morgan fingerprint density at radius 3 is 2.11 bits per heavy atom. The first kappa shape index (κ1) is 19.1. The van der Waals surface area contributed by atoms with Gasteiger partial charge < -0.3 is 10.0 Å². The molecule has 1 aromatic carbocycles. The van der Waals surface area contributed by atoms with E-state index < -0.39 is 33.6 Å². The Kier molecular flexibility index (Phi) is 4.75. The van der Waals surface area contributed by atoms with Crippen LogP contribution in [-0.4, -0.2) is 60.8 Å². The first-order valence-electron chi connectivity index (χ1n) is 9.24. The van der Waals surface area contributed by atoms with Crippen LogP contribution in [0, 0.1) is 29.5 Å². The highest BCUT2D eigenvalue weighted by Crippen LogP contribution is 2.48. The van der Waals surface area contributed by atoms with Gasteiger partial charge in [-0.1, -0.05) is 12.2 Å². The maximum atomic E-state index is 13.1. The Balaban J connectivity index is 1.44. The third-order valence-electron chi connectivity index (χ3n) is 6.03. The lowest BCUT2D eigenvalue weighted by molar-refractivity contribution is -0.151. The van der Waals surface area contributed by atoms with Crippen molar-refractivity contribution in [2.45, 2.75) is 11.3 Å². The summed E-state index contributed by atoms with van der Waals surface area (Å²) in [5.41, 5.74) is 0. The van der Waals surface area contributed by atoms with Gasteiger partial charge in [0.15, 0.2) is 0 Å². The fourth-order valence-electron chi connectivity index (χ4n) is 4.61. The number of carbonyl (C=O) groups excluding carboxylic acids is 1. The molecule has 1 heterocycles. The third-order valence-corrected chi connectivity index (χ3v) is 7.94. The van der Waals surface area contributed by atoms with Crippen molar-refractivity contribution in [3.8, 4) is 0 Å². The summed E-state index contributed by atoms with van der Waals surface area (Å²) in [5.74, 6) is -3.11. The third kappa shape index (κ3) is 3.12. The van der Waals surface area contributed by atoms with Gasteiger partial charge in [0.25, 0.3) is 0 Å². The summed E-state index contributed by atoms with van der Waals surface area (Å²) in [6, 6.07) is 4.64. The predicted molar refractivity (Wildman–Crippen MR) is 97.1 cm³/mol. The number of benzene rings is 1. The molecule has 150 valence electrons. The van der Waals surface area contributed by atoms with Crippen LogP contribution in [0.1, 0.15) is 6.42 Å². The van der Waals surface area contributed by atoms with E-state index >= 15 is 0 Å². The molecule has 0 aromatic heterocycles. The molecule has 4 atom stereocenters. The summed E-state index contributed by atoms with van der Waals surface area (Å²) in [7, 11) is -3.76. The summed E-state index contributed by atoms with van der Waals surface area (Å²) in [6.07, 6.45) is 4.51. The molecule has 0 spiro atoms. The molecule has 9 heteroatoms. The molecule has 0 radical (unpaired) electrons. The number of allylic oxidation sites excluding steroid dienone is 2. The van der Waals surface area contributed by atoms with Crippen LogP contribution in [0.5, 0.6) is 0 Å². The smallest absolute Gasteiger partial charge is 0.307 e. The number of rotatable bonds is 4. The van der Waals surface area contributed by atoms with E-state index in [0.29, 0.717) is 6.42 Å². The predicted octanol–water partition coefficient (Wildman–Crippen LogP) is 1.18. The van der Waals surface area contributed by atoms with Crippen molar-refractivity contribution in [2.24, 2.45) is 23.7 Å². The van der Waals surface area contributed by atoms with Gasteiger partial charge >= 0.3 is 5.97 Å². The quantitative estimate of drug-likeness (QED) is 0.755. The minimum Gasteiger partial charge on any atom is -0.481 e. The van der Waals surface area contributed by atoms with Gasteiger partial charge in [-0.25, -0.2) is 12.8 Å². The molecule has 7 nitrogen and oxygen atoms in total. The topological polar surface area (TPSA) is 95.0 Å². The zero-order valence-electron chi connectivity index (χ0n) is 15.1. The highest BCUT2D eigenvalue weighted by Gasteiger charge is 2.52. The number of carbonyl (C=O) groups is 2. The number of nitrogens with zero attached hydrogens (tertiary/aromatic N) is 2. The van der Waals surface area contributed by atoms with Crippen LogP contribution in [0.3, 0.4) is 0 Å². The number of hydrogen-bond donors (Lipinski definition) is 1. The number of carboxylic acids is 1. The fraction of sp³-hybridized carbons (Fsp3) is 0.474. The molecule has 28 heavy (non-hydrogen) atoms. The second kappa shape index (κ2) is 6.97. The van der Waals surface area contributed by atoms with E-state index in [4.69, 9.17) is 0 Å². The molecule has 3 aliphatic rings. The normalized spacial score (nSPS) is 30.0.